The molecule has 6 heteroatoms. The van der Waals surface area contributed by atoms with Gasteiger partial charge in [-0.25, -0.2) is 0 Å². The van der Waals surface area contributed by atoms with E-state index in [4.69, 9.17) is 5.73 Å². The fourth-order valence-electron chi connectivity index (χ4n) is 6.64. The van der Waals surface area contributed by atoms with E-state index in [1.807, 2.05) is 0 Å². The first-order valence-corrected chi connectivity index (χ1v) is 12.4. The summed E-state index contributed by atoms with van der Waals surface area (Å²) >= 11 is 0. The first-order valence-electron chi connectivity index (χ1n) is 12.4. The van der Waals surface area contributed by atoms with Crippen LogP contribution < -0.4 is 5.73 Å². The number of carbonyl (C=O) groups excluding carboxylic acids is 1. The number of hydrogen-bond donors (Lipinski definition) is 1. The monoisotopic (exact) mass is 453 g/mol. The van der Waals surface area contributed by atoms with E-state index < -0.39 is 0 Å². The minimum Gasteiger partial charge on any atom is -0.358 e. The van der Waals surface area contributed by atoms with Crippen molar-refractivity contribution >= 4 is 5.91 Å². The second-order valence-corrected chi connectivity index (χ2v) is 10.2. The van der Waals surface area contributed by atoms with Gasteiger partial charge in [0.15, 0.2) is 0 Å². The van der Waals surface area contributed by atoms with Crippen molar-refractivity contribution in [3.63, 3.8) is 0 Å². The van der Waals surface area contributed by atoms with Gasteiger partial charge in [0.05, 0.1) is 24.2 Å². The standard InChI is InChI=1S/C28H31N5O/c1-18(32-12-6-9-21(32)15-29)25(30)17-31-16-22-14-26(31)28(34)33(22)27-23-10-4-2-7-19(23)13-20-8-3-5-11-24(20)27/h2-5,7-8,10-11,21-22,25-27H,1,6,9,12-14,16-17,30H2/t21?,22-,25?,26?/m0/s1. The molecule has 174 valence electrons. The van der Waals surface area contributed by atoms with Gasteiger partial charge in [-0.1, -0.05) is 55.1 Å². The van der Waals surface area contributed by atoms with Crippen molar-refractivity contribution in [3.05, 3.63) is 83.1 Å². The van der Waals surface area contributed by atoms with E-state index in [-0.39, 0.29) is 36.1 Å². The third-order valence-electron chi connectivity index (χ3n) is 8.30. The number of amides is 1. The summed E-state index contributed by atoms with van der Waals surface area (Å²) in [7, 11) is 0. The zero-order chi connectivity index (χ0) is 23.4. The van der Waals surface area contributed by atoms with Crippen LogP contribution in [0.1, 0.15) is 47.6 Å². The molecule has 3 aliphatic heterocycles. The van der Waals surface area contributed by atoms with Gasteiger partial charge in [-0.3, -0.25) is 9.69 Å². The van der Waals surface area contributed by atoms with Crippen molar-refractivity contribution in [1.82, 2.24) is 14.7 Å². The molecule has 2 aromatic carbocycles. The molecule has 4 aliphatic rings. The van der Waals surface area contributed by atoms with E-state index in [0.717, 1.165) is 44.5 Å². The van der Waals surface area contributed by atoms with E-state index in [1.54, 1.807) is 0 Å². The Labute approximate surface area is 201 Å². The van der Waals surface area contributed by atoms with E-state index in [1.165, 1.54) is 22.3 Å². The van der Waals surface area contributed by atoms with Gasteiger partial charge in [0.25, 0.3) is 0 Å². The number of nitriles is 1. The van der Waals surface area contributed by atoms with Gasteiger partial charge < -0.3 is 15.5 Å². The topological polar surface area (TPSA) is 76.6 Å². The quantitative estimate of drug-likeness (QED) is 0.753. The summed E-state index contributed by atoms with van der Waals surface area (Å²) in [6.07, 6.45) is 3.64. The molecule has 2 N–H and O–H groups in total. The van der Waals surface area contributed by atoms with Crippen LogP contribution in [0, 0.1) is 11.3 Å². The maximum atomic E-state index is 13.8. The predicted octanol–water partition coefficient (Wildman–Crippen LogP) is 2.79. The molecule has 4 atom stereocenters. The molecule has 3 heterocycles. The summed E-state index contributed by atoms with van der Waals surface area (Å²) in [4.78, 5) is 20.2. The molecule has 0 spiro atoms. The Morgan fingerprint density at radius 2 is 1.82 bits per heavy atom. The molecule has 6 rings (SSSR count). The first kappa shape index (κ1) is 21.4. The van der Waals surface area contributed by atoms with Gasteiger partial charge in [0.1, 0.15) is 6.04 Å². The lowest BCUT2D eigenvalue weighted by Gasteiger charge is -2.42. The zero-order valence-electron chi connectivity index (χ0n) is 19.4. The maximum absolute atomic E-state index is 13.8. The second-order valence-electron chi connectivity index (χ2n) is 10.2. The molecule has 34 heavy (non-hydrogen) atoms. The summed E-state index contributed by atoms with van der Waals surface area (Å²) in [6.45, 7) is 6.50. The number of piperazine rings is 1. The largest absolute Gasteiger partial charge is 0.358 e. The zero-order valence-corrected chi connectivity index (χ0v) is 19.4. The smallest absolute Gasteiger partial charge is 0.241 e. The number of carbonyl (C=O) groups is 1. The number of nitrogens with zero attached hydrogens (tertiary/aromatic N) is 4. The van der Waals surface area contributed by atoms with E-state index >= 15 is 0 Å². The van der Waals surface area contributed by atoms with Crippen LogP contribution in [0.5, 0.6) is 0 Å². The number of benzene rings is 2. The molecule has 1 amide bonds. The molecule has 3 unspecified atom stereocenters. The van der Waals surface area contributed by atoms with Crippen LogP contribution in [-0.2, 0) is 11.2 Å². The average Bonchev–Trinajstić information content (AvgIpc) is 3.57. The molecule has 6 nitrogen and oxygen atoms in total. The highest BCUT2D eigenvalue weighted by Crippen LogP contribution is 2.45. The molecule has 0 saturated carbocycles. The van der Waals surface area contributed by atoms with Crippen molar-refractivity contribution in [2.75, 3.05) is 19.6 Å². The van der Waals surface area contributed by atoms with Gasteiger partial charge in [-0.15, -0.1) is 0 Å². The van der Waals surface area contributed by atoms with Crippen LogP contribution >= 0.6 is 0 Å². The normalized spacial score (nSPS) is 26.9. The molecule has 3 fully saturated rings. The highest BCUT2D eigenvalue weighted by atomic mass is 16.2. The van der Waals surface area contributed by atoms with E-state index in [0.29, 0.717) is 6.54 Å². The average molecular weight is 454 g/mol. The summed E-state index contributed by atoms with van der Waals surface area (Å²) in [5.74, 6) is 0.210. The number of likely N-dealkylation sites (tertiary alicyclic amines) is 3. The Kier molecular flexibility index (Phi) is 5.20. The van der Waals surface area contributed by atoms with Crippen molar-refractivity contribution in [2.45, 2.75) is 55.9 Å². The van der Waals surface area contributed by atoms with Crippen LogP contribution in [0.3, 0.4) is 0 Å². The molecule has 0 radical (unpaired) electrons. The number of hydrogen-bond acceptors (Lipinski definition) is 5. The lowest BCUT2D eigenvalue weighted by atomic mass is 9.81. The summed E-state index contributed by atoms with van der Waals surface area (Å²) in [6, 6.07) is 19.1. The minimum absolute atomic E-state index is 0.0181. The Balaban J connectivity index is 1.22. The Hall–Kier alpha value is -3.14. The molecular weight excluding hydrogens is 422 g/mol. The Morgan fingerprint density at radius 3 is 2.47 bits per heavy atom. The van der Waals surface area contributed by atoms with Gasteiger partial charge >= 0.3 is 0 Å². The van der Waals surface area contributed by atoms with Gasteiger partial charge in [-0.05, 0) is 47.9 Å². The number of fused-ring (bicyclic) bond motifs is 4. The van der Waals surface area contributed by atoms with Crippen LogP contribution in [0.25, 0.3) is 0 Å². The highest BCUT2D eigenvalue weighted by Gasteiger charge is 2.53. The van der Waals surface area contributed by atoms with Crippen molar-refractivity contribution in [2.24, 2.45) is 5.73 Å². The molecule has 1 aliphatic carbocycles. The van der Waals surface area contributed by atoms with Crippen LogP contribution in [-0.4, -0.2) is 64.4 Å². The van der Waals surface area contributed by atoms with Crippen LogP contribution in [0.15, 0.2) is 60.8 Å². The Bertz CT molecular complexity index is 1140. The molecule has 3 saturated heterocycles. The molecule has 0 aromatic heterocycles. The third-order valence-corrected chi connectivity index (χ3v) is 8.30. The minimum atomic E-state index is -0.273. The van der Waals surface area contributed by atoms with Crippen LogP contribution in [0.4, 0.5) is 0 Å². The van der Waals surface area contributed by atoms with Crippen molar-refractivity contribution in [3.8, 4) is 6.07 Å². The number of nitrogens with two attached hydrogens (primary N) is 1. The Morgan fingerprint density at radius 1 is 1.15 bits per heavy atom. The summed E-state index contributed by atoms with van der Waals surface area (Å²) in [5, 5.41) is 9.43. The number of rotatable bonds is 5. The fourth-order valence-corrected chi connectivity index (χ4v) is 6.64. The SMILES string of the molecule is C=C(C(N)CN1C[C@@H]2CC1C(=O)N2C1c2ccccc2Cc2ccccc21)N1CCCC1C#N. The summed E-state index contributed by atoms with van der Waals surface area (Å²) in [5.41, 5.74) is 12.5. The molecular formula is C28H31N5O. The van der Waals surface area contributed by atoms with E-state index in [2.05, 4.69) is 75.9 Å². The highest BCUT2D eigenvalue weighted by molar-refractivity contribution is 5.87. The first-order chi connectivity index (χ1) is 16.6. The van der Waals surface area contributed by atoms with Crippen LogP contribution in [0.2, 0.25) is 0 Å². The van der Waals surface area contributed by atoms with Crippen molar-refractivity contribution in [1.29, 1.82) is 5.26 Å². The summed E-state index contributed by atoms with van der Waals surface area (Å²) < 4.78 is 0. The van der Waals surface area contributed by atoms with Crippen molar-refractivity contribution < 1.29 is 4.79 Å². The lowest BCUT2D eigenvalue weighted by Crippen LogP contribution is -2.55. The fraction of sp³-hybridized carbons (Fsp3) is 0.429. The molecule has 2 bridgehead atoms. The van der Waals surface area contributed by atoms with Gasteiger partial charge in [0.2, 0.25) is 5.91 Å². The van der Waals surface area contributed by atoms with E-state index in [9.17, 15) is 10.1 Å². The lowest BCUT2D eigenvalue weighted by molar-refractivity contribution is -0.138. The second kappa shape index (κ2) is 8.26. The third kappa shape index (κ3) is 3.26. The molecule has 2 aromatic rings. The maximum Gasteiger partial charge on any atom is 0.241 e. The predicted molar refractivity (Wildman–Crippen MR) is 131 cm³/mol. The van der Waals surface area contributed by atoms with Gasteiger partial charge in [0, 0.05) is 31.4 Å². The van der Waals surface area contributed by atoms with Gasteiger partial charge in [-0.2, -0.15) is 5.26 Å².